The van der Waals surface area contributed by atoms with Gasteiger partial charge in [-0.15, -0.1) is 11.3 Å². The van der Waals surface area contributed by atoms with Crippen LogP contribution in [0, 0.1) is 0 Å². The molecule has 0 spiro atoms. The van der Waals surface area contributed by atoms with Crippen molar-refractivity contribution in [1.29, 1.82) is 0 Å². The normalized spacial score (nSPS) is 11.6. The molecule has 3 heterocycles. The first-order valence-electron chi connectivity index (χ1n) is 14.9. The van der Waals surface area contributed by atoms with Gasteiger partial charge in [0.25, 0.3) is 0 Å². The van der Waals surface area contributed by atoms with Crippen LogP contribution in [-0.2, 0) is 0 Å². The molecule has 45 heavy (non-hydrogen) atoms. The van der Waals surface area contributed by atoms with Crippen molar-refractivity contribution < 1.29 is 0 Å². The standard InChI is InChI=1S/C40H24N4S/c1-3-13-26(14-4-1)35-32-23-22-25-12-7-8-19-30(25)37(32)43-38(41-35)28-17-11-18-29(24-28)39-42-36(27-15-5-2-6-16-27)34-31-20-9-10-21-33(31)45-40(34)44-39/h1-24H. The van der Waals surface area contributed by atoms with Crippen molar-refractivity contribution in [2.75, 3.05) is 0 Å². The van der Waals surface area contributed by atoms with E-state index in [-0.39, 0.29) is 0 Å². The fraction of sp³-hybridized carbons (Fsp3) is 0. The van der Waals surface area contributed by atoms with Gasteiger partial charge in [-0.1, -0.05) is 127 Å². The molecule has 210 valence electrons. The number of benzene rings is 6. The summed E-state index contributed by atoms with van der Waals surface area (Å²) < 4.78 is 1.20. The summed E-state index contributed by atoms with van der Waals surface area (Å²) >= 11 is 1.71. The summed E-state index contributed by atoms with van der Waals surface area (Å²) in [6, 6.07) is 50.2. The lowest BCUT2D eigenvalue weighted by atomic mass is 10.0. The first-order valence-corrected chi connectivity index (χ1v) is 15.7. The van der Waals surface area contributed by atoms with Crippen LogP contribution in [0.15, 0.2) is 146 Å². The molecular weight excluding hydrogens is 569 g/mol. The topological polar surface area (TPSA) is 51.6 Å². The molecular formula is C40H24N4S. The fourth-order valence-corrected chi connectivity index (χ4v) is 7.24. The Kier molecular flexibility index (Phi) is 5.96. The molecule has 0 bridgehead atoms. The Morgan fingerprint density at radius 2 is 1.00 bits per heavy atom. The molecule has 9 aromatic rings. The van der Waals surface area contributed by atoms with Crippen LogP contribution in [0.2, 0.25) is 0 Å². The minimum absolute atomic E-state index is 0.672. The number of thiophene rings is 1. The first-order chi connectivity index (χ1) is 22.3. The van der Waals surface area contributed by atoms with Gasteiger partial charge in [0.15, 0.2) is 11.6 Å². The summed E-state index contributed by atoms with van der Waals surface area (Å²) in [7, 11) is 0. The molecule has 0 fully saturated rings. The highest BCUT2D eigenvalue weighted by atomic mass is 32.1. The van der Waals surface area contributed by atoms with Crippen molar-refractivity contribution in [1.82, 2.24) is 19.9 Å². The van der Waals surface area contributed by atoms with Gasteiger partial charge in [0.05, 0.1) is 16.9 Å². The van der Waals surface area contributed by atoms with Gasteiger partial charge in [-0.25, -0.2) is 19.9 Å². The lowest BCUT2D eigenvalue weighted by molar-refractivity contribution is 1.22. The average Bonchev–Trinajstić information content (AvgIpc) is 3.50. The number of nitrogens with zero attached hydrogens (tertiary/aromatic N) is 4. The molecule has 0 radical (unpaired) electrons. The molecule has 0 atom stereocenters. The lowest BCUT2D eigenvalue weighted by Gasteiger charge is -2.12. The molecule has 5 heteroatoms. The van der Waals surface area contributed by atoms with Crippen molar-refractivity contribution in [3.63, 3.8) is 0 Å². The molecule has 0 unspecified atom stereocenters. The summed E-state index contributed by atoms with van der Waals surface area (Å²) in [6.07, 6.45) is 0. The van der Waals surface area contributed by atoms with Gasteiger partial charge < -0.3 is 0 Å². The number of hydrogen-bond acceptors (Lipinski definition) is 5. The Bertz CT molecular complexity index is 2540. The molecule has 0 aliphatic heterocycles. The van der Waals surface area contributed by atoms with Gasteiger partial charge in [-0.05, 0) is 23.6 Å². The quantitative estimate of drug-likeness (QED) is 0.191. The average molecular weight is 593 g/mol. The first kappa shape index (κ1) is 25.7. The second kappa shape index (κ2) is 10.4. The zero-order valence-electron chi connectivity index (χ0n) is 24.1. The highest BCUT2D eigenvalue weighted by Crippen LogP contribution is 2.40. The van der Waals surface area contributed by atoms with Crippen LogP contribution in [0.25, 0.3) is 87.3 Å². The van der Waals surface area contributed by atoms with Gasteiger partial charge in [0.1, 0.15) is 4.83 Å². The minimum atomic E-state index is 0.672. The van der Waals surface area contributed by atoms with E-state index in [0.29, 0.717) is 11.6 Å². The molecule has 0 amide bonds. The maximum atomic E-state index is 5.21. The maximum absolute atomic E-state index is 5.21. The SMILES string of the molecule is c1ccc(-c2nc(-c3cccc(-c4nc(-c5ccccc5)c5c(n4)sc4ccccc45)c3)nc3c2ccc2ccccc23)cc1. The third kappa shape index (κ3) is 4.36. The van der Waals surface area contributed by atoms with Gasteiger partial charge >= 0.3 is 0 Å². The van der Waals surface area contributed by atoms with Gasteiger partial charge in [-0.2, -0.15) is 0 Å². The van der Waals surface area contributed by atoms with Crippen LogP contribution in [0.4, 0.5) is 0 Å². The predicted octanol–water partition coefficient (Wildman–Crippen LogP) is 10.6. The molecule has 9 rings (SSSR count). The number of hydrogen-bond donors (Lipinski definition) is 0. The lowest BCUT2D eigenvalue weighted by Crippen LogP contribution is -1.97. The monoisotopic (exact) mass is 592 g/mol. The van der Waals surface area contributed by atoms with Crippen molar-refractivity contribution in [2.45, 2.75) is 0 Å². The number of fused-ring (bicyclic) bond motifs is 6. The Morgan fingerprint density at radius 1 is 0.400 bits per heavy atom. The molecule has 3 aromatic heterocycles. The zero-order valence-corrected chi connectivity index (χ0v) is 24.9. The summed E-state index contributed by atoms with van der Waals surface area (Å²) in [4.78, 5) is 21.7. The van der Waals surface area contributed by atoms with Crippen LogP contribution in [0.1, 0.15) is 0 Å². The predicted molar refractivity (Wildman–Crippen MR) is 187 cm³/mol. The Hall–Kier alpha value is -5.78. The molecule has 4 nitrogen and oxygen atoms in total. The van der Waals surface area contributed by atoms with E-state index in [2.05, 4.69) is 127 Å². The zero-order chi connectivity index (χ0) is 29.7. The van der Waals surface area contributed by atoms with Crippen molar-refractivity contribution in [3.8, 4) is 45.3 Å². The highest BCUT2D eigenvalue weighted by Gasteiger charge is 2.18. The maximum Gasteiger partial charge on any atom is 0.161 e. The van der Waals surface area contributed by atoms with E-state index < -0.39 is 0 Å². The van der Waals surface area contributed by atoms with Crippen LogP contribution < -0.4 is 0 Å². The van der Waals surface area contributed by atoms with E-state index in [1.165, 1.54) is 10.1 Å². The molecule has 0 N–H and O–H groups in total. The summed E-state index contributed by atoms with van der Waals surface area (Å²) in [5.74, 6) is 1.36. The van der Waals surface area contributed by atoms with E-state index in [1.807, 2.05) is 18.2 Å². The van der Waals surface area contributed by atoms with Gasteiger partial charge in [0.2, 0.25) is 0 Å². The van der Waals surface area contributed by atoms with Crippen molar-refractivity contribution >= 4 is 53.3 Å². The van der Waals surface area contributed by atoms with Crippen molar-refractivity contribution in [2.24, 2.45) is 0 Å². The summed E-state index contributed by atoms with van der Waals surface area (Å²) in [6.45, 7) is 0. The van der Waals surface area contributed by atoms with E-state index >= 15 is 0 Å². The van der Waals surface area contributed by atoms with Crippen LogP contribution in [-0.4, -0.2) is 19.9 Å². The smallest absolute Gasteiger partial charge is 0.161 e. The number of rotatable bonds is 4. The molecule has 0 saturated carbocycles. The second-order valence-electron chi connectivity index (χ2n) is 11.1. The van der Waals surface area contributed by atoms with Crippen molar-refractivity contribution in [3.05, 3.63) is 146 Å². The number of aromatic nitrogens is 4. The van der Waals surface area contributed by atoms with E-state index in [4.69, 9.17) is 19.9 Å². The minimum Gasteiger partial charge on any atom is -0.227 e. The highest BCUT2D eigenvalue weighted by molar-refractivity contribution is 7.25. The Morgan fingerprint density at radius 3 is 1.78 bits per heavy atom. The van der Waals surface area contributed by atoms with E-state index in [9.17, 15) is 0 Å². The Labute approximate surface area is 263 Å². The van der Waals surface area contributed by atoms with E-state index in [0.717, 1.165) is 65.5 Å². The summed E-state index contributed by atoms with van der Waals surface area (Å²) in [5.41, 5.74) is 6.77. The van der Waals surface area contributed by atoms with Gasteiger partial charge in [0, 0.05) is 48.5 Å². The van der Waals surface area contributed by atoms with E-state index in [1.54, 1.807) is 11.3 Å². The molecule has 6 aromatic carbocycles. The Balaban J connectivity index is 1.27. The van der Waals surface area contributed by atoms with Crippen LogP contribution in [0.3, 0.4) is 0 Å². The van der Waals surface area contributed by atoms with Gasteiger partial charge in [-0.3, -0.25) is 0 Å². The largest absolute Gasteiger partial charge is 0.227 e. The summed E-state index contributed by atoms with van der Waals surface area (Å²) in [5, 5.41) is 5.57. The molecule has 0 saturated heterocycles. The second-order valence-corrected chi connectivity index (χ2v) is 12.1. The van der Waals surface area contributed by atoms with Crippen LogP contribution >= 0.6 is 11.3 Å². The molecule has 0 aliphatic rings. The fourth-order valence-electron chi connectivity index (χ4n) is 6.16. The van der Waals surface area contributed by atoms with Crippen LogP contribution in [0.5, 0.6) is 0 Å². The third-order valence-electron chi connectivity index (χ3n) is 8.30. The third-order valence-corrected chi connectivity index (χ3v) is 9.37. The molecule has 0 aliphatic carbocycles.